The third-order valence-electron chi connectivity index (χ3n) is 2.77. The normalized spacial score (nSPS) is 12.4. The summed E-state index contributed by atoms with van der Waals surface area (Å²) in [5, 5.41) is 3.51. The Kier molecular flexibility index (Phi) is 4.30. The van der Waals surface area contributed by atoms with E-state index < -0.39 is 0 Å². The van der Waals surface area contributed by atoms with Gasteiger partial charge >= 0.3 is 0 Å². The molecule has 0 aliphatic carbocycles. The van der Waals surface area contributed by atoms with Crippen LogP contribution < -0.4 is 5.32 Å². The number of rotatable bonds is 4. The molecule has 1 N–H and O–H groups in total. The van der Waals surface area contributed by atoms with Crippen LogP contribution >= 0.6 is 9.24 Å². The van der Waals surface area contributed by atoms with Gasteiger partial charge in [-0.2, -0.15) is 0 Å². The molecule has 0 saturated heterocycles. The zero-order valence-corrected chi connectivity index (χ0v) is 11.2. The first-order chi connectivity index (χ1) is 8.25. The summed E-state index contributed by atoms with van der Waals surface area (Å²) in [7, 11) is 2.84. The molecule has 2 rings (SSSR count). The molecule has 0 aliphatic heterocycles. The number of hydrogen-bond acceptors (Lipinski definition) is 1. The minimum atomic E-state index is 0.303. The van der Waals surface area contributed by atoms with E-state index in [2.05, 4.69) is 70.0 Å². The maximum absolute atomic E-state index is 3.51. The summed E-state index contributed by atoms with van der Waals surface area (Å²) < 4.78 is 0. The fourth-order valence-electron chi connectivity index (χ4n) is 1.83. The molecule has 1 nitrogen and oxygen atoms in total. The Labute approximate surface area is 105 Å². The molecule has 2 atom stereocenters. The second kappa shape index (κ2) is 5.95. The van der Waals surface area contributed by atoms with Crippen molar-refractivity contribution < 1.29 is 0 Å². The van der Waals surface area contributed by atoms with E-state index in [0.29, 0.717) is 5.78 Å². The van der Waals surface area contributed by atoms with Crippen molar-refractivity contribution >= 4 is 9.24 Å². The van der Waals surface area contributed by atoms with Crippen LogP contribution in [0.5, 0.6) is 0 Å². The average Bonchev–Trinajstić information content (AvgIpc) is 2.37. The number of benzene rings is 2. The third kappa shape index (κ3) is 3.66. The number of hydrogen-bond donors (Lipinski definition) is 1. The summed E-state index contributed by atoms with van der Waals surface area (Å²) in [6.07, 6.45) is 0. The molecule has 2 aromatic rings. The van der Waals surface area contributed by atoms with Gasteiger partial charge in [0.25, 0.3) is 0 Å². The van der Waals surface area contributed by atoms with E-state index >= 15 is 0 Å². The van der Waals surface area contributed by atoms with E-state index in [1.807, 2.05) is 6.07 Å². The lowest BCUT2D eigenvalue weighted by molar-refractivity contribution is 0.677. The molecule has 0 saturated carbocycles. The largest absolute Gasteiger partial charge is 0.303 e. The van der Waals surface area contributed by atoms with Crippen molar-refractivity contribution in [1.29, 1.82) is 0 Å². The van der Waals surface area contributed by atoms with Crippen molar-refractivity contribution in [1.82, 2.24) is 5.32 Å². The van der Waals surface area contributed by atoms with Gasteiger partial charge in [0.15, 0.2) is 0 Å². The molecule has 0 amide bonds. The van der Waals surface area contributed by atoms with E-state index in [-0.39, 0.29) is 0 Å². The molecule has 0 fully saturated rings. The molecule has 0 spiro atoms. The number of nitrogens with one attached hydrogen (secondary N) is 1. The van der Waals surface area contributed by atoms with Gasteiger partial charge in [0, 0.05) is 12.3 Å². The summed E-state index contributed by atoms with van der Waals surface area (Å²) in [6, 6.07) is 19.1. The Morgan fingerprint density at radius 2 is 1.82 bits per heavy atom. The van der Waals surface area contributed by atoms with Gasteiger partial charge in [-0.05, 0) is 18.1 Å². The van der Waals surface area contributed by atoms with Crippen molar-refractivity contribution in [3.8, 4) is 0 Å². The lowest BCUT2D eigenvalue weighted by atomic mass is 10.1. The van der Waals surface area contributed by atoms with Gasteiger partial charge in [-0.15, -0.1) is 9.24 Å². The molecule has 17 heavy (non-hydrogen) atoms. The van der Waals surface area contributed by atoms with E-state index in [0.717, 1.165) is 6.54 Å². The first-order valence-electron chi connectivity index (χ1n) is 5.85. The van der Waals surface area contributed by atoms with Gasteiger partial charge in [-0.3, -0.25) is 0 Å². The van der Waals surface area contributed by atoms with Crippen LogP contribution in [0.25, 0.3) is 0 Å². The van der Waals surface area contributed by atoms with E-state index in [9.17, 15) is 0 Å². The second-order valence-electron chi connectivity index (χ2n) is 4.26. The van der Waals surface area contributed by atoms with Crippen molar-refractivity contribution in [3.63, 3.8) is 0 Å². The molecule has 2 heteroatoms. The Morgan fingerprint density at radius 3 is 2.53 bits per heavy atom. The highest BCUT2D eigenvalue weighted by molar-refractivity contribution is 7.17. The standard InChI is InChI=1S/C15H18NP/c1-12-6-5-7-13(10-12)11-16-15(17)14-8-3-2-4-9-14/h2-10,15-16H,11,17H2,1H3. The van der Waals surface area contributed by atoms with Gasteiger partial charge in [0.05, 0.1) is 0 Å². The molecule has 0 bridgehead atoms. The highest BCUT2D eigenvalue weighted by atomic mass is 31.0. The van der Waals surface area contributed by atoms with Crippen molar-refractivity contribution in [2.24, 2.45) is 0 Å². The highest BCUT2D eigenvalue weighted by Gasteiger charge is 2.03. The third-order valence-corrected chi connectivity index (χ3v) is 3.39. The molecule has 88 valence electrons. The summed E-state index contributed by atoms with van der Waals surface area (Å²) >= 11 is 0. The van der Waals surface area contributed by atoms with Crippen LogP contribution in [0.1, 0.15) is 22.5 Å². The van der Waals surface area contributed by atoms with E-state index in [1.165, 1.54) is 16.7 Å². The molecule has 2 unspecified atom stereocenters. The summed E-state index contributed by atoms with van der Waals surface area (Å²) in [4.78, 5) is 0. The first-order valence-corrected chi connectivity index (χ1v) is 6.52. The topological polar surface area (TPSA) is 12.0 Å². The van der Waals surface area contributed by atoms with E-state index in [1.54, 1.807) is 0 Å². The maximum Gasteiger partial charge on any atom is 0.0466 e. The van der Waals surface area contributed by atoms with Gasteiger partial charge < -0.3 is 5.32 Å². The van der Waals surface area contributed by atoms with Crippen molar-refractivity contribution in [3.05, 3.63) is 71.3 Å². The Hall–Kier alpha value is -1.17. The average molecular weight is 243 g/mol. The summed E-state index contributed by atoms with van der Waals surface area (Å²) in [6.45, 7) is 3.02. The monoisotopic (exact) mass is 243 g/mol. The van der Waals surface area contributed by atoms with Gasteiger partial charge in [0.1, 0.15) is 0 Å². The van der Waals surface area contributed by atoms with Crippen molar-refractivity contribution in [2.75, 3.05) is 0 Å². The zero-order chi connectivity index (χ0) is 12.1. The van der Waals surface area contributed by atoms with Crippen LogP contribution in [-0.2, 0) is 6.54 Å². The minimum absolute atomic E-state index is 0.303. The van der Waals surface area contributed by atoms with Crippen LogP contribution in [0.2, 0.25) is 0 Å². The maximum atomic E-state index is 3.51. The molecule has 0 heterocycles. The SMILES string of the molecule is Cc1cccc(CNC(P)c2ccccc2)c1. The Bertz CT molecular complexity index is 467. The first kappa shape index (κ1) is 12.3. The Balaban J connectivity index is 1.95. The summed E-state index contributed by atoms with van der Waals surface area (Å²) in [5.74, 6) is 0.303. The van der Waals surface area contributed by atoms with E-state index in [4.69, 9.17) is 0 Å². The fraction of sp³-hybridized carbons (Fsp3) is 0.200. The lowest BCUT2D eigenvalue weighted by Crippen LogP contribution is -2.15. The van der Waals surface area contributed by atoms with Crippen LogP contribution in [0.4, 0.5) is 0 Å². The quantitative estimate of drug-likeness (QED) is 0.808. The van der Waals surface area contributed by atoms with Gasteiger partial charge in [-0.25, -0.2) is 0 Å². The predicted molar refractivity (Wildman–Crippen MR) is 76.9 cm³/mol. The van der Waals surface area contributed by atoms with Crippen LogP contribution in [0, 0.1) is 6.92 Å². The van der Waals surface area contributed by atoms with Gasteiger partial charge in [0.2, 0.25) is 0 Å². The molecular weight excluding hydrogens is 225 g/mol. The number of aryl methyl sites for hydroxylation is 1. The predicted octanol–water partition coefficient (Wildman–Crippen LogP) is 3.66. The molecule has 0 aliphatic rings. The fourth-order valence-corrected chi connectivity index (χ4v) is 2.17. The zero-order valence-electron chi connectivity index (χ0n) is 10.1. The summed E-state index contributed by atoms with van der Waals surface area (Å²) in [5.41, 5.74) is 3.93. The highest BCUT2D eigenvalue weighted by Crippen LogP contribution is 2.19. The van der Waals surface area contributed by atoms with Crippen LogP contribution in [0.3, 0.4) is 0 Å². The van der Waals surface area contributed by atoms with Crippen molar-refractivity contribution in [2.45, 2.75) is 19.3 Å². The van der Waals surface area contributed by atoms with Crippen LogP contribution in [0.15, 0.2) is 54.6 Å². The molecular formula is C15H18NP. The smallest absolute Gasteiger partial charge is 0.0466 e. The molecule has 0 radical (unpaired) electrons. The lowest BCUT2D eigenvalue weighted by Gasteiger charge is -2.14. The van der Waals surface area contributed by atoms with Crippen LogP contribution in [-0.4, -0.2) is 0 Å². The van der Waals surface area contributed by atoms with Gasteiger partial charge in [-0.1, -0.05) is 60.2 Å². The molecule has 2 aromatic carbocycles. The second-order valence-corrected chi connectivity index (χ2v) is 4.92. The molecule has 0 aromatic heterocycles. The minimum Gasteiger partial charge on any atom is -0.303 e. The Morgan fingerprint density at radius 1 is 1.06 bits per heavy atom.